The van der Waals surface area contributed by atoms with Crippen LogP contribution in [-0.2, 0) is 4.79 Å². The molecule has 0 aromatic heterocycles. The summed E-state index contributed by atoms with van der Waals surface area (Å²) >= 11 is 5.49. The Morgan fingerprint density at radius 3 is 2.69 bits per heavy atom. The van der Waals surface area contributed by atoms with Crippen LogP contribution in [0, 0.1) is 5.92 Å². The fourth-order valence-corrected chi connectivity index (χ4v) is 2.85. The van der Waals surface area contributed by atoms with Gasteiger partial charge in [-0.15, -0.1) is 0 Å². The van der Waals surface area contributed by atoms with Gasteiger partial charge in [0.2, 0.25) is 5.24 Å². The molecule has 2 aliphatic rings. The zero-order valence-electron chi connectivity index (χ0n) is 7.76. The van der Waals surface area contributed by atoms with Crippen LogP contribution >= 0.6 is 11.6 Å². The molecule has 2 nitrogen and oxygen atoms in total. The number of carbonyl (C=O) groups excluding carboxylic acids is 1. The fourth-order valence-electron chi connectivity index (χ4n) is 2.67. The summed E-state index contributed by atoms with van der Waals surface area (Å²) in [5.41, 5.74) is 0. The van der Waals surface area contributed by atoms with Crippen molar-refractivity contribution < 1.29 is 4.79 Å². The van der Waals surface area contributed by atoms with Gasteiger partial charge in [-0.1, -0.05) is 12.8 Å². The van der Waals surface area contributed by atoms with Crippen molar-refractivity contribution >= 4 is 16.8 Å². The highest BCUT2D eigenvalue weighted by Gasteiger charge is 2.33. The molecular formula is C10H16ClNO. The van der Waals surface area contributed by atoms with E-state index in [-0.39, 0.29) is 11.3 Å². The Labute approximate surface area is 84.0 Å². The Balaban J connectivity index is 1.95. The summed E-state index contributed by atoms with van der Waals surface area (Å²) < 4.78 is 0. The highest BCUT2D eigenvalue weighted by molar-refractivity contribution is 6.64. The number of rotatable bonds is 1. The van der Waals surface area contributed by atoms with Crippen LogP contribution in [0.4, 0.5) is 0 Å². The molecule has 3 atom stereocenters. The van der Waals surface area contributed by atoms with Crippen molar-refractivity contribution in [1.82, 2.24) is 5.32 Å². The second-order valence-corrected chi connectivity index (χ2v) is 4.62. The van der Waals surface area contributed by atoms with E-state index in [0.717, 1.165) is 12.3 Å². The molecule has 0 amide bonds. The van der Waals surface area contributed by atoms with Gasteiger partial charge in [0.1, 0.15) is 0 Å². The number of hydrogen-bond donors (Lipinski definition) is 1. The zero-order valence-corrected chi connectivity index (χ0v) is 8.52. The van der Waals surface area contributed by atoms with Gasteiger partial charge in [0.15, 0.2) is 0 Å². The second kappa shape index (κ2) is 3.97. The molecule has 3 heteroatoms. The SMILES string of the molecule is O=C(Cl)C1CCC2CCCCC2N1. The van der Waals surface area contributed by atoms with Crippen LogP contribution in [0.3, 0.4) is 0 Å². The number of carbonyl (C=O) groups is 1. The number of nitrogens with one attached hydrogen (secondary N) is 1. The third-order valence-electron chi connectivity index (χ3n) is 3.42. The van der Waals surface area contributed by atoms with Crippen molar-refractivity contribution in [3.8, 4) is 0 Å². The lowest BCUT2D eigenvalue weighted by molar-refractivity contribution is -0.114. The lowest BCUT2D eigenvalue weighted by Gasteiger charge is -2.39. The lowest BCUT2D eigenvalue weighted by atomic mass is 9.78. The molecule has 1 heterocycles. The van der Waals surface area contributed by atoms with E-state index in [4.69, 9.17) is 11.6 Å². The van der Waals surface area contributed by atoms with E-state index in [9.17, 15) is 4.79 Å². The number of halogens is 1. The van der Waals surface area contributed by atoms with Crippen molar-refractivity contribution in [2.24, 2.45) is 5.92 Å². The molecule has 74 valence electrons. The maximum atomic E-state index is 11.0. The smallest absolute Gasteiger partial charge is 0.238 e. The summed E-state index contributed by atoms with van der Waals surface area (Å²) in [7, 11) is 0. The summed E-state index contributed by atoms with van der Waals surface area (Å²) in [6, 6.07) is 0.496. The minimum absolute atomic E-state index is 0.0685. The van der Waals surface area contributed by atoms with E-state index >= 15 is 0 Å². The first-order valence-corrected chi connectivity index (χ1v) is 5.60. The summed E-state index contributed by atoms with van der Waals surface area (Å²) in [4.78, 5) is 11.0. The molecule has 0 radical (unpaired) electrons. The number of fused-ring (bicyclic) bond motifs is 1. The van der Waals surface area contributed by atoms with Gasteiger partial charge in [0, 0.05) is 6.04 Å². The van der Waals surface area contributed by atoms with Crippen LogP contribution in [0.15, 0.2) is 0 Å². The Morgan fingerprint density at radius 2 is 1.92 bits per heavy atom. The van der Waals surface area contributed by atoms with Gasteiger partial charge >= 0.3 is 0 Å². The number of piperidine rings is 1. The predicted molar refractivity (Wildman–Crippen MR) is 52.8 cm³/mol. The van der Waals surface area contributed by atoms with Crippen LogP contribution in [0.1, 0.15) is 38.5 Å². The van der Waals surface area contributed by atoms with Crippen LogP contribution in [-0.4, -0.2) is 17.3 Å². The van der Waals surface area contributed by atoms with E-state index in [1.165, 1.54) is 32.1 Å². The molecule has 2 fully saturated rings. The average Bonchev–Trinajstić information content (AvgIpc) is 2.17. The second-order valence-electron chi connectivity index (χ2n) is 4.25. The summed E-state index contributed by atoms with van der Waals surface area (Å²) in [5, 5.41) is 3.17. The van der Waals surface area contributed by atoms with Gasteiger partial charge in [-0.2, -0.15) is 0 Å². The Bertz CT molecular complexity index is 207. The first-order chi connectivity index (χ1) is 6.27. The molecule has 1 aliphatic heterocycles. The van der Waals surface area contributed by atoms with Crippen molar-refractivity contribution in [1.29, 1.82) is 0 Å². The molecule has 2 rings (SSSR count). The first-order valence-electron chi connectivity index (χ1n) is 5.23. The molecule has 13 heavy (non-hydrogen) atoms. The predicted octanol–water partition coefficient (Wildman–Crippen LogP) is 2.06. The normalized spacial score (nSPS) is 39.6. The van der Waals surface area contributed by atoms with Crippen LogP contribution < -0.4 is 5.32 Å². The molecule has 0 aromatic carbocycles. The van der Waals surface area contributed by atoms with Crippen molar-refractivity contribution in [2.45, 2.75) is 50.6 Å². The summed E-state index contributed by atoms with van der Waals surface area (Å²) in [5.74, 6) is 0.806. The quantitative estimate of drug-likeness (QED) is 0.659. The minimum Gasteiger partial charge on any atom is -0.303 e. The average molecular weight is 202 g/mol. The molecule has 0 spiro atoms. The molecule has 1 N–H and O–H groups in total. The number of hydrogen-bond acceptors (Lipinski definition) is 2. The molecule has 3 unspecified atom stereocenters. The highest BCUT2D eigenvalue weighted by Crippen LogP contribution is 2.32. The standard InChI is InChI=1S/C10H16ClNO/c11-10(13)9-6-5-7-3-1-2-4-8(7)12-9/h7-9,12H,1-6H2. The van der Waals surface area contributed by atoms with Crippen molar-refractivity contribution in [2.75, 3.05) is 0 Å². The molecule has 1 aliphatic carbocycles. The van der Waals surface area contributed by atoms with Crippen LogP contribution in [0.25, 0.3) is 0 Å². The molecule has 1 saturated carbocycles. The van der Waals surface area contributed by atoms with E-state index in [1.54, 1.807) is 0 Å². The van der Waals surface area contributed by atoms with Crippen molar-refractivity contribution in [3.05, 3.63) is 0 Å². The topological polar surface area (TPSA) is 29.1 Å². The third kappa shape index (κ3) is 2.05. The van der Waals surface area contributed by atoms with Gasteiger partial charge in [-0.05, 0) is 43.2 Å². The minimum atomic E-state index is -0.205. The van der Waals surface area contributed by atoms with Crippen LogP contribution in [0.5, 0.6) is 0 Å². The Hall–Kier alpha value is -0.0800. The summed E-state index contributed by atoms with van der Waals surface area (Å²) in [6.07, 6.45) is 7.34. The largest absolute Gasteiger partial charge is 0.303 e. The van der Waals surface area contributed by atoms with E-state index in [0.29, 0.717) is 6.04 Å². The summed E-state index contributed by atoms with van der Waals surface area (Å²) in [6.45, 7) is 0. The lowest BCUT2D eigenvalue weighted by Crippen LogP contribution is -2.51. The van der Waals surface area contributed by atoms with Gasteiger partial charge in [-0.25, -0.2) is 0 Å². The fraction of sp³-hybridized carbons (Fsp3) is 0.900. The van der Waals surface area contributed by atoms with Gasteiger partial charge < -0.3 is 5.32 Å². The Kier molecular flexibility index (Phi) is 2.89. The van der Waals surface area contributed by atoms with Gasteiger partial charge in [-0.3, -0.25) is 4.79 Å². The molecule has 0 aromatic rings. The van der Waals surface area contributed by atoms with Crippen LogP contribution in [0.2, 0.25) is 0 Å². The monoisotopic (exact) mass is 201 g/mol. The van der Waals surface area contributed by atoms with E-state index < -0.39 is 0 Å². The maximum Gasteiger partial charge on any atom is 0.238 e. The Morgan fingerprint density at radius 1 is 1.15 bits per heavy atom. The van der Waals surface area contributed by atoms with E-state index in [2.05, 4.69) is 5.32 Å². The highest BCUT2D eigenvalue weighted by atomic mass is 35.5. The third-order valence-corrected chi connectivity index (χ3v) is 3.69. The zero-order chi connectivity index (χ0) is 9.26. The molecule has 1 saturated heterocycles. The molecular weight excluding hydrogens is 186 g/mol. The van der Waals surface area contributed by atoms with Gasteiger partial charge in [0.25, 0.3) is 0 Å². The first kappa shape index (κ1) is 9.47. The van der Waals surface area contributed by atoms with E-state index in [1.807, 2.05) is 0 Å². The molecule has 0 bridgehead atoms. The van der Waals surface area contributed by atoms with Crippen molar-refractivity contribution in [3.63, 3.8) is 0 Å². The van der Waals surface area contributed by atoms with Gasteiger partial charge in [0.05, 0.1) is 6.04 Å². The maximum absolute atomic E-state index is 11.0.